The van der Waals surface area contributed by atoms with Gasteiger partial charge in [0, 0.05) is 16.5 Å². The molecule has 0 radical (unpaired) electrons. The van der Waals surface area contributed by atoms with Crippen LogP contribution in [0.2, 0.25) is 0 Å². The van der Waals surface area contributed by atoms with E-state index in [0.717, 1.165) is 10.9 Å². The molecule has 1 aromatic heterocycles. The molecule has 1 atom stereocenters. The Morgan fingerprint density at radius 2 is 2.11 bits per heavy atom. The molecule has 0 bridgehead atoms. The van der Waals surface area contributed by atoms with E-state index in [4.69, 9.17) is 5.73 Å². The van der Waals surface area contributed by atoms with Gasteiger partial charge >= 0.3 is 0 Å². The Morgan fingerprint density at radius 3 is 2.84 bits per heavy atom. The van der Waals surface area contributed by atoms with Gasteiger partial charge in [-0.15, -0.1) is 0 Å². The summed E-state index contributed by atoms with van der Waals surface area (Å²) in [5, 5.41) is 5.30. The third-order valence-electron chi connectivity index (χ3n) is 2.98. The summed E-state index contributed by atoms with van der Waals surface area (Å²) < 4.78 is 22.6. The molecule has 0 fully saturated rings. The van der Waals surface area contributed by atoms with Gasteiger partial charge in [0.15, 0.2) is 9.84 Å². The van der Waals surface area contributed by atoms with Crippen LogP contribution in [0.25, 0.3) is 10.9 Å². The van der Waals surface area contributed by atoms with Gasteiger partial charge in [0.1, 0.15) is 5.82 Å². The molecular formula is C13H13N3O2S. The van der Waals surface area contributed by atoms with E-state index >= 15 is 0 Å². The van der Waals surface area contributed by atoms with Crippen molar-refractivity contribution in [2.24, 2.45) is 0 Å². The van der Waals surface area contributed by atoms with Crippen LogP contribution < -0.4 is 11.1 Å². The van der Waals surface area contributed by atoms with Crippen LogP contribution in [0, 0.1) is 0 Å². The molecule has 19 heavy (non-hydrogen) atoms. The Bertz CT molecular complexity index is 769. The average Bonchev–Trinajstić information content (AvgIpc) is 2.69. The minimum atomic E-state index is -3.05. The lowest BCUT2D eigenvalue weighted by Gasteiger charge is -2.11. The topological polar surface area (TPSA) is 85.1 Å². The predicted molar refractivity (Wildman–Crippen MR) is 76.5 cm³/mol. The highest BCUT2D eigenvalue weighted by Gasteiger charge is 2.21. The highest BCUT2D eigenvalue weighted by Crippen LogP contribution is 2.19. The number of nitrogens with zero attached hydrogens (tertiary/aromatic N) is 1. The summed E-state index contributed by atoms with van der Waals surface area (Å²) in [4.78, 5) is 4.43. The minimum absolute atomic E-state index is 0.0778. The molecule has 0 amide bonds. The zero-order chi connectivity index (χ0) is 13.5. The maximum atomic E-state index is 11.3. The smallest absolute Gasteiger partial charge is 0.173 e. The Labute approximate surface area is 111 Å². The number of nitrogens with two attached hydrogens (primary N) is 1. The molecule has 1 aliphatic heterocycles. The summed E-state index contributed by atoms with van der Waals surface area (Å²) >= 11 is 0. The Balaban J connectivity index is 1.86. The lowest BCUT2D eigenvalue weighted by Crippen LogP contribution is -2.21. The molecule has 1 aliphatic rings. The molecule has 98 valence electrons. The monoisotopic (exact) mass is 275 g/mol. The van der Waals surface area contributed by atoms with E-state index in [9.17, 15) is 8.42 Å². The highest BCUT2D eigenvalue weighted by atomic mass is 32.2. The Hall–Kier alpha value is -2.08. The molecule has 2 heterocycles. The van der Waals surface area contributed by atoms with Crippen LogP contribution in [0.15, 0.2) is 41.8 Å². The van der Waals surface area contributed by atoms with Crippen molar-refractivity contribution in [1.82, 2.24) is 4.98 Å². The maximum absolute atomic E-state index is 11.3. The van der Waals surface area contributed by atoms with Gasteiger partial charge in [-0.25, -0.2) is 13.4 Å². The first-order chi connectivity index (χ1) is 9.02. The summed E-state index contributed by atoms with van der Waals surface area (Å²) in [5.74, 6) is 0.734. The number of nitrogens with one attached hydrogen (secondary N) is 1. The van der Waals surface area contributed by atoms with E-state index in [1.165, 1.54) is 5.41 Å². The van der Waals surface area contributed by atoms with Gasteiger partial charge in [-0.2, -0.15) is 0 Å². The van der Waals surface area contributed by atoms with E-state index in [1.54, 1.807) is 12.1 Å². The summed E-state index contributed by atoms with van der Waals surface area (Å²) in [7, 11) is -3.05. The Morgan fingerprint density at radius 1 is 1.26 bits per heavy atom. The molecular weight excluding hydrogens is 262 g/mol. The first-order valence-electron chi connectivity index (χ1n) is 5.86. The van der Waals surface area contributed by atoms with Gasteiger partial charge in [-0.05, 0) is 36.4 Å². The molecule has 1 unspecified atom stereocenters. The van der Waals surface area contributed by atoms with Crippen LogP contribution in [0.1, 0.15) is 0 Å². The molecule has 2 aromatic rings. The van der Waals surface area contributed by atoms with Gasteiger partial charge in [0.25, 0.3) is 0 Å². The van der Waals surface area contributed by atoms with E-state index in [1.807, 2.05) is 24.3 Å². The van der Waals surface area contributed by atoms with Gasteiger partial charge in [0.2, 0.25) is 0 Å². The molecule has 1 aromatic carbocycles. The lowest BCUT2D eigenvalue weighted by molar-refractivity contribution is 0.605. The number of hydrogen-bond donors (Lipinski definition) is 2. The highest BCUT2D eigenvalue weighted by molar-refractivity contribution is 7.94. The number of fused-ring (bicyclic) bond motifs is 1. The van der Waals surface area contributed by atoms with Crippen molar-refractivity contribution in [3.05, 3.63) is 41.8 Å². The standard InChI is InChI=1S/C13H13N3O2S/c14-10-2-3-12-9(7-10)1-4-13(16-12)15-11-5-6-19(17,18)8-11/h1-7,11H,8,14H2,(H,15,16). The first kappa shape index (κ1) is 12.0. The number of anilines is 2. The van der Waals surface area contributed by atoms with Crippen molar-refractivity contribution >= 4 is 32.2 Å². The van der Waals surface area contributed by atoms with E-state index < -0.39 is 9.84 Å². The van der Waals surface area contributed by atoms with Crippen molar-refractivity contribution in [3.8, 4) is 0 Å². The summed E-state index contributed by atoms with van der Waals surface area (Å²) in [5.41, 5.74) is 7.22. The number of nitrogen functional groups attached to an aromatic ring is 1. The molecule has 0 spiro atoms. The molecule has 5 nitrogen and oxygen atoms in total. The third kappa shape index (κ3) is 2.53. The van der Waals surface area contributed by atoms with Gasteiger partial charge in [0.05, 0.1) is 17.3 Å². The van der Waals surface area contributed by atoms with Crippen LogP contribution in [-0.4, -0.2) is 25.2 Å². The van der Waals surface area contributed by atoms with E-state index in [-0.39, 0.29) is 11.8 Å². The number of hydrogen-bond acceptors (Lipinski definition) is 5. The molecule has 0 saturated heterocycles. The number of aromatic nitrogens is 1. The predicted octanol–water partition coefficient (Wildman–Crippen LogP) is 1.54. The Kier molecular flexibility index (Phi) is 2.67. The van der Waals surface area contributed by atoms with E-state index in [2.05, 4.69) is 10.3 Å². The fourth-order valence-electron chi connectivity index (χ4n) is 2.08. The zero-order valence-electron chi connectivity index (χ0n) is 10.1. The molecule has 3 N–H and O–H groups in total. The van der Waals surface area contributed by atoms with Crippen LogP contribution in [0.4, 0.5) is 11.5 Å². The lowest BCUT2D eigenvalue weighted by atomic mass is 10.2. The average molecular weight is 275 g/mol. The van der Waals surface area contributed by atoms with Crippen LogP contribution in [0.3, 0.4) is 0 Å². The second-order valence-corrected chi connectivity index (χ2v) is 6.49. The molecule has 0 aliphatic carbocycles. The quantitative estimate of drug-likeness (QED) is 0.812. The fraction of sp³-hybridized carbons (Fsp3) is 0.154. The van der Waals surface area contributed by atoms with E-state index in [0.29, 0.717) is 11.5 Å². The SMILES string of the molecule is Nc1ccc2nc(NC3C=CS(=O)(=O)C3)ccc2c1. The number of rotatable bonds is 2. The van der Waals surface area contributed by atoms with Crippen LogP contribution >= 0.6 is 0 Å². The molecule has 3 rings (SSSR count). The molecule has 6 heteroatoms. The second-order valence-electron chi connectivity index (χ2n) is 4.56. The summed E-state index contributed by atoms with van der Waals surface area (Å²) in [6, 6.07) is 9.00. The van der Waals surface area contributed by atoms with Crippen molar-refractivity contribution in [2.45, 2.75) is 6.04 Å². The van der Waals surface area contributed by atoms with Crippen molar-refractivity contribution in [3.63, 3.8) is 0 Å². The normalized spacial score (nSPS) is 20.7. The number of sulfone groups is 1. The largest absolute Gasteiger partial charge is 0.399 e. The van der Waals surface area contributed by atoms with Crippen LogP contribution in [-0.2, 0) is 9.84 Å². The van der Waals surface area contributed by atoms with Crippen LogP contribution in [0.5, 0.6) is 0 Å². The van der Waals surface area contributed by atoms with Gasteiger partial charge in [-0.1, -0.05) is 0 Å². The van der Waals surface area contributed by atoms with Gasteiger partial charge < -0.3 is 11.1 Å². The summed E-state index contributed by atoms with van der Waals surface area (Å²) in [6.07, 6.45) is 1.64. The number of pyridine rings is 1. The number of benzene rings is 1. The van der Waals surface area contributed by atoms with Crippen molar-refractivity contribution < 1.29 is 8.42 Å². The van der Waals surface area contributed by atoms with Gasteiger partial charge in [-0.3, -0.25) is 0 Å². The minimum Gasteiger partial charge on any atom is -0.399 e. The fourth-order valence-corrected chi connectivity index (χ4v) is 3.32. The molecule has 0 saturated carbocycles. The maximum Gasteiger partial charge on any atom is 0.173 e. The zero-order valence-corrected chi connectivity index (χ0v) is 10.9. The first-order valence-corrected chi connectivity index (χ1v) is 7.57. The second kappa shape index (κ2) is 4.24. The summed E-state index contributed by atoms with van der Waals surface area (Å²) in [6.45, 7) is 0. The van der Waals surface area contributed by atoms with Crippen molar-refractivity contribution in [1.29, 1.82) is 0 Å². The van der Waals surface area contributed by atoms with Crippen molar-refractivity contribution in [2.75, 3.05) is 16.8 Å². The third-order valence-corrected chi connectivity index (χ3v) is 4.37.